The Balaban J connectivity index is 2.44. The number of nitrogens with two attached hydrogens (primary N) is 1. The van der Waals surface area contributed by atoms with E-state index in [-0.39, 0.29) is 0 Å². The van der Waals surface area contributed by atoms with E-state index in [1.54, 1.807) is 18.2 Å². The van der Waals surface area contributed by atoms with Crippen LogP contribution in [0.2, 0.25) is 0 Å². The molecule has 0 aliphatic heterocycles. The van der Waals surface area contributed by atoms with Crippen molar-refractivity contribution < 1.29 is 13.6 Å². The summed E-state index contributed by atoms with van der Waals surface area (Å²) in [6.07, 6.45) is -2.56. The third-order valence-electron chi connectivity index (χ3n) is 1.56. The lowest BCUT2D eigenvalue weighted by Crippen LogP contribution is -2.32. The van der Waals surface area contributed by atoms with Crippen LogP contribution in [-0.4, -0.2) is 19.0 Å². The van der Waals surface area contributed by atoms with Gasteiger partial charge < -0.3 is 16.4 Å². The second-order valence-electron chi connectivity index (χ2n) is 2.85. The zero-order valence-corrected chi connectivity index (χ0v) is 7.84. The van der Waals surface area contributed by atoms with Gasteiger partial charge in [-0.25, -0.2) is 13.6 Å². The molecule has 0 aliphatic carbocycles. The second-order valence-corrected chi connectivity index (χ2v) is 2.85. The summed E-state index contributed by atoms with van der Waals surface area (Å²) in [5.41, 5.74) is 6.41. The van der Waals surface area contributed by atoms with Crippen LogP contribution in [0, 0.1) is 0 Å². The van der Waals surface area contributed by atoms with E-state index in [9.17, 15) is 13.6 Å². The molecule has 0 atom stereocenters. The van der Waals surface area contributed by atoms with Crippen molar-refractivity contribution in [2.45, 2.75) is 6.43 Å². The molecule has 0 radical (unpaired) electrons. The van der Waals surface area contributed by atoms with E-state index >= 15 is 0 Å². The van der Waals surface area contributed by atoms with Crippen LogP contribution in [-0.2, 0) is 0 Å². The average Bonchev–Trinajstić information content (AvgIpc) is 2.15. The molecule has 0 spiro atoms. The molecule has 6 heteroatoms. The number of amides is 2. The second kappa shape index (κ2) is 5.14. The van der Waals surface area contributed by atoms with Crippen LogP contribution in [0.25, 0.3) is 0 Å². The van der Waals surface area contributed by atoms with Gasteiger partial charge in [0.15, 0.2) is 0 Å². The summed E-state index contributed by atoms with van der Waals surface area (Å²) in [6, 6.07) is 5.77. The highest BCUT2D eigenvalue weighted by atomic mass is 19.3. The fourth-order valence-corrected chi connectivity index (χ4v) is 0.962. The Morgan fingerprint density at radius 3 is 2.80 bits per heavy atom. The highest BCUT2D eigenvalue weighted by Crippen LogP contribution is 2.11. The number of urea groups is 1. The summed E-state index contributed by atoms with van der Waals surface area (Å²) in [4.78, 5) is 11.0. The summed E-state index contributed by atoms with van der Waals surface area (Å²) in [7, 11) is 0. The largest absolute Gasteiger partial charge is 0.399 e. The van der Waals surface area contributed by atoms with Crippen LogP contribution < -0.4 is 16.4 Å². The van der Waals surface area contributed by atoms with Crippen LogP contribution in [0.3, 0.4) is 0 Å². The van der Waals surface area contributed by atoms with Gasteiger partial charge in [-0.05, 0) is 18.2 Å². The minimum Gasteiger partial charge on any atom is -0.399 e. The molecule has 1 rings (SSSR count). The number of halogens is 2. The van der Waals surface area contributed by atoms with Crippen LogP contribution in [0.5, 0.6) is 0 Å². The van der Waals surface area contributed by atoms with E-state index in [1.165, 1.54) is 6.07 Å². The molecule has 0 saturated heterocycles. The fraction of sp³-hybridized carbons (Fsp3) is 0.222. The molecule has 0 bridgehead atoms. The van der Waals surface area contributed by atoms with Crippen LogP contribution in [0.1, 0.15) is 0 Å². The van der Waals surface area contributed by atoms with E-state index < -0.39 is 19.0 Å². The van der Waals surface area contributed by atoms with Gasteiger partial charge in [0.1, 0.15) is 0 Å². The number of carbonyl (C=O) groups is 1. The molecule has 0 aliphatic rings. The van der Waals surface area contributed by atoms with E-state index in [0.717, 1.165) is 0 Å². The number of carbonyl (C=O) groups excluding carboxylic acids is 1. The van der Waals surface area contributed by atoms with Gasteiger partial charge >= 0.3 is 6.03 Å². The molecule has 4 N–H and O–H groups in total. The quantitative estimate of drug-likeness (QED) is 0.671. The maximum atomic E-state index is 11.7. The van der Waals surface area contributed by atoms with Crippen LogP contribution in [0.4, 0.5) is 25.0 Å². The summed E-state index contributed by atoms with van der Waals surface area (Å²) >= 11 is 0. The standard InChI is InChI=1S/C9H11F2N3O/c10-8(11)5-13-9(15)14-7-3-1-2-6(12)4-7/h1-4,8H,5,12H2,(H2,13,14,15). The van der Waals surface area contributed by atoms with Crippen LogP contribution in [0.15, 0.2) is 24.3 Å². The third kappa shape index (κ3) is 4.26. The average molecular weight is 215 g/mol. The topological polar surface area (TPSA) is 67.1 Å². The molecular weight excluding hydrogens is 204 g/mol. The van der Waals surface area contributed by atoms with E-state index in [0.29, 0.717) is 11.4 Å². The minimum absolute atomic E-state index is 0.460. The molecular formula is C9H11F2N3O. The molecule has 0 heterocycles. The molecule has 2 amide bonds. The smallest absolute Gasteiger partial charge is 0.319 e. The number of benzene rings is 1. The van der Waals surface area contributed by atoms with Gasteiger partial charge in [0.05, 0.1) is 6.54 Å². The predicted octanol–water partition coefficient (Wildman–Crippen LogP) is 1.66. The van der Waals surface area contributed by atoms with Gasteiger partial charge in [-0.3, -0.25) is 0 Å². The van der Waals surface area contributed by atoms with Crippen molar-refractivity contribution in [3.63, 3.8) is 0 Å². The molecule has 1 aromatic carbocycles. The van der Waals surface area contributed by atoms with Crippen molar-refractivity contribution in [2.75, 3.05) is 17.6 Å². The molecule has 0 saturated carbocycles. The van der Waals surface area contributed by atoms with Crippen molar-refractivity contribution in [1.82, 2.24) is 5.32 Å². The molecule has 0 aromatic heterocycles. The maximum absolute atomic E-state index is 11.7. The van der Waals surface area contributed by atoms with E-state index in [2.05, 4.69) is 5.32 Å². The Hall–Kier alpha value is -1.85. The summed E-state index contributed by atoms with van der Waals surface area (Å²) < 4.78 is 23.5. The maximum Gasteiger partial charge on any atom is 0.319 e. The number of nitrogen functional groups attached to an aromatic ring is 1. The molecule has 4 nitrogen and oxygen atoms in total. The lowest BCUT2D eigenvalue weighted by molar-refractivity contribution is 0.148. The van der Waals surface area contributed by atoms with Crippen molar-refractivity contribution in [3.8, 4) is 0 Å². The molecule has 0 unspecified atom stereocenters. The van der Waals surface area contributed by atoms with Gasteiger partial charge in [-0.2, -0.15) is 0 Å². The van der Waals surface area contributed by atoms with Gasteiger partial charge in [0, 0.05) is 11.4 Å². The number of hydrogen-bond acceptors (Lipinski definition) is 2. The first-order chi connectivity index (χ1) is 7.08. The van der Waals surface area contributed by atoms with Gasteiger partial charge in [-0.1, -0.05) is 6.07 Å². The lowest BCUT2D eigenvalue weighted by atomic mass is 10.3. The Morgan fingerprint density at radius 1 is 1.47 bits per heavy atom. The Bertz CT molecular complexity index is 344. The third-order valence-corrected chi connectivity index (χ3v) is 1.56. The highest BCUT2D eigenvalue weighted by Gasteiger charge is 2.05. The van der Waals surface area contributed by atoms with Crippen molar-refractivity contribution in [3.05, 3.63) is 24.3 Å². The minimum atomic E-state index is -2.56. The lowest BCUT2D eigenvalue weighted by Gasteiger charge is -2.07. The summed E-state index contributed by atoms with van der Waals surface area (Å²) in [5.74, 6) is 0. The Labute approximate surface area is 85.5 Å². The van der Waals surface area contributed by atoms with Gasteiger partial charge in [0.2, 0.25) is 0 Å². The monoisotopic (exact) mass is 215 g/mol. The molecule has 15 heavy (non-hydrogen) atoms. The van der Waals surface area contributed by atoms with Crippen LogP contribution >= 0.6 is 0 Å². The number of nitrogens with one attached hydrogen (secondary N) is 2. The zero-order valence-electron chi connectivity index (χ0n) is 7.84. The Morgan fingerprint density at radius 2 is 2.20 bits per heavy atom. The summed E-state index contributed by atoms with van der Waals surface area (Å²) in [5, 5.41) is 4.38. The molecule has 0 fully saturated rings. The Kier molecular flexibility index (Phi) is 3.84. The first-order valence-corrected chi connectivity index (χ1v) is 4.26. The fourth-order valence-electron chi connectivity index (χ4n) is 0.962. The molecule has 1 aromatic rings. The number of alkyl halides is 2. The van der Waals surface area contributed by atoms with E-state index in [1.807, 2.05) is 5.32 Å². The normalized spacial score (nSPS) is 10.1. The number of anilines is 2. The number of hydrogen-bond donors (Lipinski definition) is 3. The predicted molar refractivity (Wildman–Crippen MR) is 53.9 cm³/mol. The van der Waals surface area contributed by atoms with Crippen molar-refractivity contribution in [2.24, 2.45) is 0 Å². The summed E-state index contributed by atoms with van der Waals surface area (Å²) in [6.45, 7) is -0.672. The molecule has 82 valence electrons. The highest BCUT2D eigenvalue weighted by molar-refractivity contribution is 5.89. The SMILES string of the molecule is Nc1cccc(NC(=O)NCC(F)F)c1. The van der Waals surface area contributed by atoms with Crippen molar-refractivity contribution >= 4 is 17.4 Å². The zero-order chi connectivity index (χ0) is 11.3. The van der Waals surface area contributed by atoms with Crippen molar-refractivity contribution in [1.29, 1.82) is 0 Å². The first-order valence-electron chi connectivity index (χ1n) is 4.26. The first kappa shape index (κ1) is 11.2. The van der Waals surface area contributed by atoms with E-state index in [4.69, 9.17) is 5.73 Å². The van der Waals surface area contributed by atoms with Gasteiger partial charge in [-0.15, -0.1) is 0 Å². The number of rotatable bonds is 3. The van der Waals surface area contributed by atoms with Gasteiger partial charge in [0.25, 0.3) is 6.43 Å².